The fraction of sp³-hybridized carbons (Fsp3) is 0.200. The van der Waals surface area contributed by atoms with Crippen molar-refractivity contribution >= 4 is 34.8 Å². The molecule has 21 heavy (non-hydrogen) atoms. The number of halogens is 1. The molecule has 0 aliphatic heterocycles. The molecule has 0 fully saturated rings. The highest BCUT2D eigenvalue weighted by Gasteiger charge is 2.07. The molecule has 0 aliphatic carbocycles. The number of hydrogen-bond acceptors (Lipinski definition) is 3. The van der Waals surface area contributed by atoms with E-state index >= 15 is 0 Å². The van der Waals surface area contributed by atoms with Crippen molar-refractivity contribution in [1.82, 2.24) is 10.6 Å². The molecule has 2 aromatic rings. The maximum absolute atomic E-state index is 11.6. The Morgan fingerprint density at radius 1 is 1.10 bits per heavy atom. The zero-order chi connectivity index (χ0) is 15.1. The van der Waals surface area contributed by atoms with Crippen LogP contribution in [0.5, 0.6) is 0 Å². The molecule has 0 radical (unpaired) electrons. The van der Waals surface area contributed by atoms with Gasteiger partial charge in [0.05, 0.1) is 6.54 Å². The molecule has 0 bridgehead atoms. The molecule has 4 nitrogen and oxygen atoms in total. The van der Waals surface area contributed by atoms with E-state index in [2.05, 4.69) is 10.6 Å². The first-order valence-corrected chi connectivity index (χ1v) is 7.79. The molecule has 2 N–H and O–H groups in total. The quantitative estimate of drug-likeness (QED) is 0.858. The van der Waals surface area contributed by atoms with Crippen molar-refractivity contribution in [2.24, 2.45) is 0 Å². The Labute approximate surface area is 132 Å². The van der Waals surface area contributed by atoms with Gasteiger partial charge in [0.15, 0.2) is 0 Å². The fourth-order valence-corrected chi connectivity index (χ4v) is 2.48. The van der Waals surface area contributed by atoms with Gasteiger partial charge < -0.3 is 10.6 Å². The van der Waals surface area contributed by atoms with Crippen LogP contribution in [0.4, 0.5) is 0 Å². The summed E-state index contributed by atoms with van der Waals surface area (Å²) in [7, 11) is 0. The van der Waals surface area contributed by atoms with Crippen LogP contribution < -0.4 is 10.6 Å². The first-order chi connectivity index (χ1) is 10.1. The molecular weight excluding hydrogens is 308 g/mol. The maximum Gasteiger partial charge on any atom is 0.252 e. The molecule has 1 heterocycles. The highest BCUT2D eigenvalue weighted by molar-refractivity contribution is 7.08. The number of thiophene rings is 1. The minimum Gasteiger partial charge on any atom is -0.354 e. The maximum atomic E-state index is 11.6. The zero-order valence-corrected chi connectivity index (χ0v) is 12.8. The molecule has 0 spiro atoms. The Morgan fingerprint density at radius 3 is 2.52 bits per heavy atom. The van der Waals surface area contributed by atoms with Crippen LogP contribution in [-0.2, 0) is 11.2 Å². The molecule has 0 unspecified atom stereocenters. The number of carbonyl (C=O) groups excluding carboxylic acids is 2. The fourth-order valence-electron chi connectivity index (χ4n) is 1.72. The monoisotopic (exact) mass is 322 g/mol. The van der Waals surface area contributed by atoms with Crippen LogP contribution in [0.15, 0.2) is 41.1 Å². The molecule has 0 atom stereocenters. The Hall–Kier alpha value is -1.85. The van der Waals surface area contributed by atoms with E-state index in [1.807, 2.05) is 29.6 Å². The van der Waals surface area contributed by atoms with E-state index in [9.17, 15) is 9.59 Å². The van der Waals surface area contributed by atoms with Gasteiger partial charge in [-0.3, -0.25) is 9.59 Å². The Kier molecular flexibility index (Phi) is 5.78. The molecule has 1 aromatic carbocycles. The highest BCUT2D eigenvalue weighted by Crippen LogP contribution is 2.09. The second-order valence-corrected chi connectivity index (χ2v) is 5.64. The lowest BCUT2D eigenvalue weighted by molar-refractivity contribution is -0.120. The van der Waals surface area contributed by atoms with Crippen LogP contribution in [0.25, 0.3) is 0 Å². The van der Waals surface area contributed by atoms with Gasteiger partial charge in [0.1, 0.15) is 0 Å². The molecule has 2 rings (SSSR count). The van der Waals surface area contributed by atoms with Gasteiger partial charge in [-0.1, -0.05) is 23.7 Å². The average Bonchev–Trinajstić information content (AvgIpc) is 3.01. The summed E-state index contributed by atoms with van der Waals surface area (Å²) in [5, 5.41) is 9.60. The standard InChI is InChI=1S/C15H15ClN2O2S/c16-13-3-1-11(2-4-13)5-7-17-14(19)9-18-15(20)12-6-8-21-10-12/h1-4,6,8,10H,5,7,9H2,(H,17,19)(H,18,20). The number of hydrogen-bond donors (Lipinski definition) is 2. The predicted molar refractivity (Wildman–Crippen MR) is 84.8 cm³/mol. The Morgan fingerprint density at radius 2 is 1.86 bits per heavy atom. The first kappa shape index (κ1) is 15.5. The van der Waals surface area contributed by atoms with Crippen molar-refractivity contribution < 1.29 is 9.59 Å². The Balaban J connectivity index is 1.66. The van der Waals surface area contributed by atoms with E-state index < -0.39 is 0 Å². The molecular formula is C15H15ClN2O2S. The predicted octanol–water partition coefficient (Wildman–Crippen LogP) is 2.49. The van der Waals surface area contributed by atoms with Gasteiger partial charge in [-0.15, -0.1) is 0 Å². The number of benzene rings is 1. The second-order valence-electron chi connectivity index (χ2n) is 4.42. The van der Waals surface area contributed by atoms with Crippen LogP contribution in [-0.4, -0.2) is 24.9 Å². The zero-order valence-electron chi connectivity index (χ0n) is 11.3. The molecule has 6 heteroatoms. The van der Waals surface area contributed by atoms with Gasteiger partial charge in [0.2, 0.25) is 5.91 Å². The van der Waals surface area contributed by atoms with Gasteiger partial charge in [-0.05, 0) is 35.6 Å². The van der Waals surface area contributed by atoms with E-state index in [-0.39, 0.29) is 18.4 Å². The topological polar surface area (TPSA) is 58.2 Å². The number of amides is 2. The van der Waals surface area contributed by atoms with E-state index in [4.69, 9.17) is 11.6 Å². The number of rotatable bonds is 6. The SMILES string of the molecule is O=C(CNC(=O)c1ccsc1)NCCc1ccc(Cl)cc1. The third-order valence-corrected chi connectivity index (χ3v) is 3.78. The summed E-state index contributed by atoms with van der Waals surface area (Å²) in [6.45, 7) is 0.504. The summed E-state index contributed by atoms with van der Waals surface area (Å²) in [5.41, 5.74) is 1.68. The molecule has 0 saturated heterocycles. The van der Waals surface area contributed by atoms with Crippen LogP contribution in [0, 0.1) is 0 Å². The third kappa shape index (κ3) is 5.21. The van der Waals surface area contributed by atoms with Gasteiger partial charge in [0, 0.05) is 22.5 Å². The van der Waals surface area contributed by atoms with Crippen molar-refractivity contribution in [3.8, 4) is 0 Å². The van der Waals surface area contributed by atoms with Crippen LogP contribution in [0.1, 0.15) is 15.9 Å². The van der Waals surface area contributed by atoms with Crippen molar-refractivity contribution in [2.45, 2.75) is 6.42 Å². The van der Waals surface area contributed by atoms with E-state index in [1.165, 1.54) is 11.3 Å². The average molecular weight is 323 g/mol. The van der Waals surface area contributed by atoms with E-state index in [0.717, 1.165) is 12.0 Å². The van der Waals surface area contributed by atoms with Gasteiger partial charge in [-0.25, -0.2) is 0 Å². The van der Waals surface area contributed by atoms with Gasteiger partial charge in [-0.2, -0.15) is 11.3 Å². The summed E-state index contributed by atoms with van der Waals surface area (Å²) in [6, 6.07) is 9.21. The summed E-state index contributed by atoms with van der Waals surface area (Å²) < 4.78 is 0. The van der Waals surface area contributed by atoms with E-state index in [1.54, 1.807) is 11.4 Å². The summed E-state index contributed by atoms with van der Waals surface area (Å²) in [6.07, 6.45) is 0.724. The van der Waals surface area contributed by atoms with Crippen LogP contribution in [0.2, 0.25) is 5.02 Å². The van der Waals surface area contributed by atoms with Crippen LogP contribution >= 0.6 is 22.9 Å². The molecule has 2 amide bonds. The van der Waals surface area contributed by atoms with Crippen molar-refractivity contribution in [3.05, 3.63) is 57.2 Å². The summed E-state index contributed by atoms with van der Waals surface area (Å²) >= 11 is 7.24. The lowest BCUT2D eigenvalue weighted by atomic mass is 10.1. The van der Waals surface area contributed by atoms with Crippen molar-refractivity contribution in [1.29, 1.82) is 0 Å². The van der Waals surface area contributed by atoms with Gasteiger partial charge in [0.25, 0.3) is 5.91 Å². The summed E-state index contributed by atoms with van der Waals surface area (Å²) in [5.74, 6) is -0.434. The second kappa shape index (κ2) is 7.81. The lowest BCUT2D eigenvalue weighted by Crippen LogP contribution is -2.37. The molecule has 1 aromatic heterocycles. The van der Waals surface area contributed by atoms with Gasteiger partial charge >= 0.3 is 0 Å². The van der Waals surface area contributed by atoms with E-state index in [0.29, 0.717) is 17.1 Å². The molecule has 0 saturated carbocycles. The normalized spacial score (nSPS) is 10.1. The first-order valence-electron chi connectivity index (χ1n) is 6.46. The van der Waals surface area contributed by atoms with Crippen molar-refractivity contribution in [2.75, 3.05) is 13.1 Å². The molecule has 0 aliphatic rings. The largest absolute Gasteiger partial charge is 0.354 e. The smallest absolute Gasteiger partial charge is 0.252 e. The minimum absolute atomic E-state index is 0.0186. The highest BCUT2D eigenvalue weighted by atomic mass is 35.5. The number of carbonyl (C=O) groups is 2. The molecule has 110 valence electrons. The summed E-state index contributed by atoms with van der Waals surface area (Å²) in [4.78, 5) is 23.3. The Bertz CT molecular complexity index is 597. The third-order valence-electron chi connectivity index (χ3n) is 2.84. The minimum atomic E-state index is -0.232. The van der Waals surface area contributed by atoms with Crippen molar-refractivity contribution in [3.63, 3.8) is 0 Å². The number of nitrogens with one attached hydrogen (secondary N) is 2. The van der Waals surface area contributed by atoms with Crippen LogP contribution in [0.3, 0.4) is 0 Å². The lowest BCUT2D eigenvalue weighted by Gasteiger charge is -2.06.